The van der Waals surface area contributed by atoms with Crippen LogP contribution < -0.4 is 9.47 Å². The highest BCUT2D eigenvalue weighted by atomic mass is 16.7. The molecule has 3 aromatic carbocycles. The fourth-order valence-corrected chi connectivity index (χ4v) is 6.69. The van der Waals surface area contributed by atoms with Crippen LogP contribution >= 0.6 is 0 Å². The first kappa shape index (κ1) is 27.3. The second-order valence-corrected chi connectivity index (χ2v) is 12.0. The molecule has 4 aromatic rings. The number of benzene rings is 3. The Kier molecular flexibility index (Phi) is 7.76. The topological polar surface area (TPSA) is 53.4 Å². The van der Waals surface area contributed by atoms with Gasteiger partial charge in [-0.2, -0.15) is 0 Å². The monoisotopic (exact) mass is 567 g/mol. The number of aromatic nitrogens is 1. The maximum Gasteiger partial charge on any atom is 0.254 e. The number of carbonyl (C=O) groups excluding carboxylic acids is 1. The molecule has 220 valence electrons. The average molecular weight is 568 g/mol. The molecule has 1 amide bonds. The van der Waals surface area contributed by atoms with Crippen LogP contribution in [0.3, 0.4) is 0 Å². The lowest BCUT2D eigenvalue weighted by molar-refractivity contribution is 0.0638. The summed E-state index contributed by atoms with van der Waals surface area (Å²) in [7, 11) is 2.21. The summed E-state index contributed by atoms with van der Waals surface area (Å²) in [5.74, 6) is 1.81. The first-order valence-electron chi connectivity index (χ1n) is 15.4. The number of rotatable bonds is 8. The number of amides is 1. The Bertz CT molecular complexity index is 1570. The van der Waals surface area contributed by atoms with E-state index >= 15 is 0 Å². The van der Waals surface area contributed by atoms with Crippen molar-refractivity contribution in [3.63, 3.8) is 0 Å². The number of carbonyl (C=O) groups is 1. The van der Waals surface area contributed by atoms with Crippen molar-refractivity contribution in [3.05, 3.63) is 71.8 Å². The van der Waals surface area contributed by atoms with Crippen LogP contribution in [0.25, 0.3) is 21.8 Å². The van der Waals surface area contributed by atoms with Crippen molar-refractivity contribution in [3.8, 4) is 11.5 Å². The Balaban J connectivity index is 1.00. The van der Waals surface area contributed by atoms with Gasteiger partial charge in [-0.1, -0.05) is 30.3 Å². The zero-order valence-corrected chi connectivity index (χ0v) is 24.6. The molecule has 0 unspecified atom stereocenters. The Labute approximate surface area is 248 Å². The summed E-state index contributed by atoms with van der Waals surface area (Å²) in [6.45, 7) is 11.2. The van der Waals surface area contributed by atoms with Crippen LogP contribution in [0.5, 0.6) is 11.5 Å². The maximum atomic E-state index is 13.7. The Morgan fingerprint density at radius 1 is 0.714 bits per heavy atom. The van der Waals surface area contributed by atoms with Gasteiger partial charge in [0.1, 0.15) is 0 Å². The molecule has 42 heavy (non-hydrogen) atoms. The maximum absolute atomic E-state index is 13.7. The van der Waals surface area contributed by atoms with Crippen LogP contribution in [0.2, 0.25) is 0 Å². The number of fused-ring (bicyclic) bond motifs is 4. The molecular formula is C34H41N5O3. The molecule has 4 heterocycles. The number of aryl methyl sites for hydroxylation is 1. The Morgan fingerprint density at radius 2 is 1.45 bits per heavy atom. The van der Waals surface area contributed by atoms with E-state index < -0.39 is 0 Å². The van der Waals surface area contributed by atoms with E-state index in [1.54, 1.807) is 0 Å². The number of nitrogens with zero attached hydrogens (tertiary/aromatic N) is 5. The van der Waals surface area contributed by atoms with Crippen molar-refractivity contribution < 1.29 is 14.3 Å². The van der Waals surface area contributed by atoms with Crippen LogP contribution in [0.15, 0.2) is 60.7 Å². The molecule has 7 rings (SSSR count). The Morgan fingerprint density at radius 3 is 2.31 bits per heavy atom. The third-order valence-electron chi connectivity index (χ3n) is 9.29. The highest BCUT2D eigenvalue weighted by molar-refractivity contribution is 6.10. The van der Waals surface area contributed by atoms with Gasteiger partial charge in [0.15, 0.2) is 11.5 Å². The molecule has 3 aliphatic rings. The lowest BCUT2D eigenvalue weighted by Crippen LogP contribution is -2.49. The van der Waals surface area contributed by atoms with Gasteiger partial charge in [0.05, 0.1) is 0 Å². The molecule has 0 radical (unpaired) electrons. The second kappa shape index (κ2) is 12.0. The highest BCUT2D eigenvalue weighted by Gasteiger charge is 2.23. The van der Waals surface area contributed by atoms with Gasteiger partial charge in [-0.3, -0.25) is 9.69 Å². The number of ether oxygens (including phenoxy) is 2. The standard InChI is InChI=1S/C34H41N5O3/c1-35-15-17-36(18-16-35)12-4-13-39-30-6-3-2-5-28(30)29-9-8-27(24-31(29)39)34(40)38-21-19-37(20-22-38)14-11-26-7-10-32-33(23-26)42-25-41-32/h2-3,5-10,23-24H,4,11-22,25H2,1H3. The summed E-state index contributed by atoms with van der Waals surface area (Å²) in [4.78, 5) is 23.1. The van der Waals surface area contributed by atoms with E-state index in [1.807, 2.05) is 17.0 Å². The van der Waals surface area contributed by atoms with Gasteiger partial charge in [0.2, 0.25) is 6.79 Å². The number of hydrogen-bond acceptors (Lipinski definition) is 6. The van der Waals surface area contributed by atoms with Crippen LogP contribution in [0, 0.1) is 0 Å². The minimum absolute atomic E-state index is 0.140. The van der Waals surface area contributed by atoms with Crippen molar-refractivity contribution in [1.82, 2.24) is 24.2 Å². The third-order valence-corrected chi connectivity index (χ3v) is 9.29. The molecular weight excluding hydrogens is 526 g/mol. The molecule has 0 saturated carbocycles. The van der Waals surface area contributed by atoms with Crippen LogP contribution in [0.1, 0.15) is 22.3 Å². The van der Waals surface area contributed by atoms with Crippen molar-refractivity contribution in [2.24, 2.45) is 0 Å². The molecule has 0 spiro atoms. The second-order valence-electron chi connectivity index (χ2n) is 12.0. The molecule has 2 fully saturated rings. The zero-order chi connectivity index (χ0) is 28.5. The van der Waals surface area contributed by atoms with Gasteiger partial charge in [0, 0.05) is 92.8 Å². The SMILES string of the molecule is CN1CCN(CCCn2c3ccccc3c3ccc(C(=O)N4CCN(CCc5ccc6c(c5)OCO6)CC4)cc32)CC1. The molecule has 0 bridgehead atoms. The van der Waals surface area contributed by atoms with Gasteiger partial charge in [-0.05, 0) is 62.3 Å². The molecule has 0 N–H and O–H groups in total. The van der Waals surface area contributed by atoms with Crippen LogP contribution in [-0.4, -0.2) is 109 Å². The van der Waals surface area contributed by atoms with E-state index in [4.69, 9.17) is 9.47 Å². The average Bonchev–Trinajstić information content (AvgIpc) is 3.63. The van der Waals surface area contributed by atoms with E-state index in [-0.39, 0.29) is 5.91 Å². The van der Waals surface area contributed by atoms with Gasteiger partial charge in [-0.25, -0.2) is 0 Å². The molecule has 3 aliphatic heterocycles. The summed E-state index contributed by atoms with van der Waals surface area (Å²) in [5, 5.41) is 2.50. The summed E-state index contributed by atoms with van der Waals surface area (Å²) in [6, 6.07) is 21.2. The van der Waals surface area contributed by atoms with E-state index in [1.165, 1.54) is 27.4 Å². The van der Waals surface area contributed by atoms with Crippen molar-refractivity contribution >= 4 is 27.7 Å². The van der Waals surface area contributed by atoms with Crippen molar-refractivity contribution in [2.75, 3.05) is 79.3 Å². The largest absolute Gasteiger partial charge is 0.454 e. The minimum atomic E-state index is 0.140. The molecule has 2 saturated heterocycles. The van der Waals surface area contributed by atoms with E-state index in [0.29, 0.717) is 6.79 Å². The lowest BCUT2D eigenvalue weighted by atomic mass is 10.1. The van der Waals surface area contributed by atoms with Crippen molar-refractivity contribution in [2.45, 2.75) is 19.4 Å². The van der Waals surface area contributed by atoms with Gasteiger partial charge >= 0.3 is 0 Å². The molecule has 0 atom stereocenters. The highest BCUT2D eigenvalue weighted by Crippen LogP contribution is 2.33. The molecule has 8 heteroatoms. The Hall–Kier alpha value is -3.59. The predicted molar refractivity (Wildman–Crippen MR) is 167 cm³/mol. The summed E-state index contributed by atoms with van der Waals surface area (Å²) in [6.07, 6.45) is 2.06. The third kappa shape index (κ3) is 5.59. The predicted octanol–water partition coefficient (Wildman–Crippen LogP) is 4.16. The van der Waals surface area contributed by atoms with Crippen molar-refractivity contribution in [1.29, 1.82) is 0 Å². The summed E-state index contributed by atoms with van der Waals surface area (Å²) in [5.41, 5.74) is 4.47. The normalized spacial score (nSPS) is 18.4. The van der Waals surface area contributed by atoms with E-state index in [9.17, 15) is 4.79 Å². The molecule has 8 nitrogen and oxygen atoms in total. The number of piperazine rings is 2. The van der Waals surface area contributed by atoms with E-state index in [2.05, 4.69) is 74.8 Å². The minimum Gasteiger partial charge on any atom is -0.454 e. The first-order valence-corrected chi connectivity index (χ1v) is 15.4. The van der Waals surface area contributed by atoms with Crippen LogP contribution in [-0.2, 0) is 13.0 Å². The van der Waals surface area contributed by atoms with Gasteiger partial charge in [0.25, 0.3) is 5.91 Å². The summed E-state index contributed by atoms with van der Waals surface area (Å²) >= 11 is 0. The number of para-hydroxylation sites is 1. The van der Waals surface area contributed by atoms with Crippen LogP contribution in [0.4, 0.5) is 0 Å². The number of hydrogen-bond donors (Lipinski definition) is 0. The molecule has 1 aromatic heterocycles. The fraction of sp³-hybridized carbons (Fsp3) is 0.441. The lowest BCUT2D eigenvalue weighted by Gasteiger charge is -2.34. The number of likely N-dealkylation sites (N-methyl/N-ethyl adjacent to an activating group) is 1. The van der Waals surface area contributed by atoms with Gasteiger partial charge < -0.3 is 28.7 Å². The van der Waals surface area contributed by atoms with Gasteiger partial charge in [-0.15, -0.1) is 0 Å². The zero-order valence-electron chi connectivity index (χ0n) is 24.6. The summed E-state index contributed by atoms with van der Waals surface area (Å²) < 4.78 is 13.4. The quantitative estimate of drug-likeness (QED) is 0.319. The van der Waals surface area contributed by atoms with E-state index in [0.717, 1.165) is 102 Å². The fourth-order valence-electron chi connectivity index (χ4n) is 6.69. The smallest absolute Gasteiger partial charge is 0.254 e. The first-order chi connectivity index (χ1) is 20.6. The molecule has 0 aliphatic carbocycles.